The molecule has 0 saturated carbocycles. The first-order valence-electron chi connectivity index (χ1n) is 10.7. The molecule has 5 rings (SSSR count). The van der Waals surface area contributed by atoms with Crippen molar-refractivity contribution in [2.45, 2.75) is 25.9 Å². The SMILES string of the molecule is Cc1ccc(-c2ncon2)cc1NC(=O)c1cnc2ccccn12.FC(F)(F)CCN1CCC1. The van der Waals surface area contributed by atoms with E-state index in [1.165, 1.54) is 6.39 Å². The summed E-state index contributed by atoms with van der Waals surface area (Å²) in [5, 5.41) is 6.74. The summed E-state index contributed by atoms with van der Waals surface area (Å²) in [5.74, 6) is 0.238. The molecule has 0 spiro atoms. The standard InChI is InChI=1S/C17H13N5O2.C6H10F3N/c1-11-5-6-12(16-19-10-24-21-16)8-13(11)20-17(23)14-9-18-15-4-2-3-7-22(14)15;7-6(8,9)2-5-10-3-1-4-10/h2-10H,1H3,(H,20,23);1-5H2. The number of alkyl halides is 3. The Morgan fingerprint density at radius 2 is 2.00 bits per heavy atom. The number of halogens is 3. The van der Waals surface area contributed by atoms with Crippen molar-refractivity contribution in [2.24, 2.45) is 0 Å². The molecule has 0 atom stereocenters. The Hall–Kier alpha value is -3.73. The molecule has 178 valence electrons. The zero-order valence-corrected chi connectivity index (χ0v) is 18.4. The summed E-state index contributed by atoms with van der Waals surface area (Å²) >= 11 is 0. The molecule has 11 heteroatoms. The van der Waals surface area contributed by atoms with Crippen LogP contribution in [0.5, 0.6) is 0 Å². The van der Waals surface area contributed by atoms with Crippen molar-refractivity contribution in [1.29, 1.82) is 0 Å². The number of imidazole rings is 1. The van der Waals surface area contributed by atoms with Crippen LogP contribution >= 0.6 is 0 Å². The van der Waals surface area contributed by atoms with Crippen molar-refractivity contribution >= 4 is 17.2 Å². The number of anilines is 1. The molecule has 1 aliphatic heterocycles. The van der Waals surface area contributed by atoms with Crippen LogP contribution < -0.4 is 5.32 Å². The maximum atomic E-state index is 12.6. The van der Waals surface area contributed by atoms with Crippen LogP contribution in [-0.2, 0) is 0 Å². The largest absolute Gasteiger partial charge is 0.390 e. The number of benzene rings is 1. The number of aromatic nitrogens is 4. The molecule has 1 aromatic carbocycles. The number of rotatable bonds is 5. The molecular weight excluding hydrogens is 449 g/mol. The topological polar surface area (TPSA) is 88.6 Å². The number of hydrogen-bond acceptors (Lipinski definition) is 6. The minimum atomic E-state index is -3.98. The van der Waals surface area contributed by atoms with Gasteiger partial charge >= 0.3 is 6.18 Å². The van der Waals surface area contributed by atoms with Crippen LogP contribution in [0, 0.1) is 6.92 Å². The van der Waals surface area contributed by atoms with Gasteiger partial charge in [-0.3, -0.25) is 9.20 Å². The molecule has 1 aliphatic rings. The molecule has 34 heavy (non-hydrogen) atoms. The maximum Gasteiger partial charge on any atom is 0.390 e. The van der Waals surface area contributed by atoms with Crippen molar-refractivity contribution in [3.8, 4) is 11.4 Å². The van der Waals surface area contributed by atoms with E-state index >= 15 is 0 Å². The highest BCUT2D eigenvalue weighted by Crippen LogP contribution is 2.24. The fourth-order valence-electron chi connectivity index (χ4n) is 3.37. The quantitative estimate of drug-likeness (QED) is 0.457. The van der Waals surface area contributed by atoms with Crippen molar-refractivity contribution in [1.82, 2.24) is 24.4 Å². The van der Waals surface area contributed by atoms with E-state index in [1.54, 1.807) is 16.8 Å². The van der Waals surface area contributed by atoms with Gasteiger partial charge in [0.05, 0.1) is 12.6 Å². The summed E-state index contributed by atoms with van der Waals surface area (Å²) in [5.41, 5.74) is 3.58. The van der Waals surface area contributed by atoms with Gasteiger partial charge in [-0.25, -0.2) is 4.98 Å². The number of likely N-dealkylation sites (tertiary alicyclic amines) is 1. The number of carbonyl (C=O) groups is 1. The first-order chi connectivity index (χ1) is 16.3. The Labute approximate surface area is 193 Å². The Bertz CT molecular complexity index is 1250. The predicted octanol–water partition coefficient (Wildman–Crippen LogP) is 4.59. The van der Waals surface area contributed by atoms with Gasteiger partial charge in [0.2, 0.25) is 12.2 Å². The second-order valence-electron chi connectivity index (χ2n) is 7.87. The fourth-order valence-corrected chi connectivity index (χ4v) is 3.37. The second-order valence-corrected chi connectivity index (χ2v) is 7.87. The van der Waals surface area contributed by atoms with Gasteiger partial charge in [0.15, 0.2) is 0 Å². The molecular formula is C23H23F3N6O2. The number of hydrogen-bond donors (Lipinski definition) is 1. The number of aryl methyl sites for hydroxylation is 1. The Kier molecular flexibility index (Phi) is 6.92. The predicted molar refractivity (Wildman–Crippen MR) is 119 cm³/mol. The lowest BCUT2D eigenvalue weighted by Crippen LogP contribution is -2.39. The minimum Gasteiger partial charge on any atom is -0.342 e. The molecule has 8 nitrogen and oxygen atoms in total. The molecule has 1 fully saturated rings. The highest BCUT2D eigenvalue weighted by molar-refractivity contribution is 6.04. The van der Waals surface area contributed by atoms with Gasteiger partial charge in [-0.05, 0) is 50.2 Å². The van der Waals surface area contributed by atoms with E-state index in [1.807, 2.05) is 48.2 Å². The normalized spacial score (nSPS) is 13.8. The molecule has 0 bridgehead atoms. The van der Waals surface area contributed by atoms with Crippen molar-refractivity contribution < 1.29 is 22.5 Å². The number of nitrogens with zero attached hydrogens (tertiary/aromatic N) is 5. The van der Waals surface area contributed by atoms with Gasteiger partial charge in [-0.2, -0.15) is 18.2 Å². The van der Waals surface area contributed by atoms with E-state index < -0.39 is 12.6 Å². The number of carbonyl (C=O) groups excluding carboxylic acids is 1. The van der Waals surface area contributed by atoms with Crippen LogP contribution in [0.2, 0.25) is 0 Å². The van der Waals surface area contributed by atoms with Crippen molar-refractivity contribution in [2.75, 3.05) is 25.0 Å². The lowest BCUT2D eigenvalue weighted by Gasteiger charge is -2.30. The summed E-state index contributed by atoms with van der Waals surface area (Å²) in [6.45, 7) is 3.79. The average Bonchev–Trinajstić information content (AvgIpc) is 3.44. The third kappa shape index (κ3) is 5.79. The third-order valence-corrected chi connectivity index (χ3v) is 5.42. The number of fused-ring (bicyclic) bond motifs is 1. The summed E-state index contributed by atoms with van der Waals surface area (Å²) in [7, 11) is 0. The molecule has 4 aromatic rings. The number of pyridine rings is 1. The zero-order chi connectivity index (χ0) is 24.1. The zero-order valence-electron chi connectivity index (χ0n) is 18.4. The maximum absolute atomic E-state index is 12.6. The molecule has 0 aliphatic carbocycles. The van der Waals surface area contributed by atoms with Crippen LogP contribution in [0.3, 0.4) is 0 Å². The minimum absolute atomic E-state index is 0.184. The van der Waals surface area contributed by atoms with Gasteiger partial charge in [-0.1, -0.05) is 23.4 Å². The molecule has 0 unspecified atom stereocenters. The van der Waals surface area contributed by atoms with Crippen LogP contribution in [0.25, 0.3) is 17.0 Å². The second kappa shape index (κ2) is 10.0. The summed E-state index contributed by atoms with van der Waals surface area (Å²) < 4.78 is 41.2. The summed E-state index contributed by atoms with van der Waals surface area (Å²) in [4.78, 5) is 22.7. The Morgan fingerprint density at radius 1 is 1.18 bits per heavy atom. The summed E-state index contributed by atoms with van der Waals surface area (Å²) in [6.07, 6.45) is 1.05. The van der Waals surface area contributed by atoms with Gasteiger partial charge in [0.1, 0.15) is 11.3 Å². The number of amides is 1. The lowest BCUT2D eigenvalue weighted by molar-refractivity contribution is -0.139. The smallest absolute Gasteiger partial charge is 0.342 e. The highest BCUT2D eigenvalue weighted by Gasteiger charge is 2.28. The van der Waals surface area contributed by atoms with Crippen molar-refractivity contribution in [3.63, 3.8) is 0 Å². The first kappa shape index (κ1) is 23.4. The first-order valence-corrected chi connectivity index (χ1v) is 10.7. The third-order valence-electron chi connectivity index (χ3n) is 5.42. The average molecular weight is 472 g/mol. The highest BCUT2D eigenvalue weighted by atomic mass is 19.4. The van der Waals surface area contributed by atoms with E-state index in [0.29, 0.717) is 17.2 Å². The van der Waals surface area contributed by atoms with Gasteiger partial charge in [0, 0.05) is 24.0 Å². The molecule has 1 amide bonds. The van der Waals surface area contributed by atoms with Crippen LogP contribution in [-0.4, -0.2) is 56.1 Å². The van der Waals surface area contributed by atoms with Crippen LogP contribution in [0.1, 0.15) is 28.9 Å². The van der Waals surface area contributed by atoms with E-state index in [-0.39, 0.29) is 12.5 Å². The molecule has 0 radical (unpaired) electrons. The fraction of sp³-hybridized carbons (Fsp3) is 0.304. The van der Waals surface area contributed by atoms with Crippen LogP contribution in [0.4, 0.5) is 18.9 Å². The monoisotopic (exact) mass is 472 g/mol. The van der Waals surface area contributed by atoms with E-state index in [4.69, 9.17) is 4.52 Å². The molecule has 1 saturated heterocycles. The Morgan fingerprint density at radius 3 is 2.68 bits per heavy atom. The van der Waals surface area contributed by atoms with Gasteiger partial charge in [0.25, 0.3) is 5.91 Å². The lowest BCUT2D eigenvalue weighted by atomic mass is 10.1. The van der Waals surface area contributed by atoms with E-state index in [0.717, 1.165) is 36.3 Å². The molecule has 4 heterocycles. The number of nitrogens with one attached hydrogen (secondary N) is 1. The Balaban J connectivity index is 0.000000231. The molecule has 1 N–H and O–H groups in total. The van der Waals surface area contributed by atoms with Gasteiger partial charge in [-0.15, -0.1) is 0 Å². The van der Waals surface area contributed by atoms with Crippen molar-refractivity contribution in [3.05, 3.63) is 66.4 Å². The van der Waals surface area contributed by atoms with Gasteiger partial charge < -0.3 is 14.7 Å². The molecule has 3 aromatic heterocycles. The summed E-state index contributed by atoms with van der Waals surface area (Å²) in [6, 6.07) is 11.2. The van der Waals surface area contributed by atoms with E-state index in [9.17, 15) is 18.0 Å². The van der Waals surface area contributed by atoms with E-state index in [2.05, 4.69) is 20.4 Å². The van der Waals surface area contributed by atoms with Crippen LogP contribution in [0.15, 0.2) is 59.7 Å².